The van der Waals surface area contributed by atoms with E-state index < -0.39 is 5.41 Å². The Kier molecular flexibility index (Phi) is 7.74. The largest absolute Gasteiger partial charge is 0.457 e. The Morgan fingerprint density at radius 1 is 0.397 bits per heavy atom. The number of nitrogens with zero attached hydrogens (tertiary/aromatic N) is 3. The van der Waals surface area contributed by atoms with Gasteiger partial charge in [-0.15, -0.1) is 0 Å². The first-order valence-electron chi connectivity index (χ1n) is 19.5. The van der Waals surface area contributed by atoms with Crippen LogP contribution in [0.4, 0.5) is 0 Å². The highest BCUT2D eigenvalue weighted by molar-refractivity contribution is 5.98. The molecule has 1 aliphatic carbocycles. The Hall–Kier alpha value is -7.87. The minimum Gasteiger partial charge on any atom is -0.457 e. The van der Waals surface area contributed by atoms with Gasteiger partial charge in [0.2, 0.25) is 0 Å². The SMILES string of the molecule is N#Cc1ccc2c(c1)-c1c(-c3ccc(-c4nc(-c5ccccc5)nc(-c5ccccc5)c4-c4ccccc4)cc3)cccc1C21c2ccccc2Oc2ccccc21. The molecule has 0 bridgehead atoms. The lowest BCUT2D eigenvalue weighted by molar-refractivity contribution is 0.436. The Morgan fingerprint density at radius 2 is 0.914 bits per heavy atom. The van der Waals surface area contributed by atoms with Crippen molar-refractivity contribution in [3.63, 3.8) is 0 Å². The molecule has 0 amide bonds. The van der Waals surface area contributed by atoms with Crippen LogP contribution in [0.1, 0.15) is 27.8 Å². The van der Waals surface area contributed by atoms with Crippen LogP contribution >= 0.6 is 0 Å². The van der Waals surface area contributed by atoms with Gasteiger partial charge in [-0.2, -0.15) is 5.26 Å². The van der Waals surface area contributed by atoms with Crippen molar-refractivity contribution in [3.05, 3.63) is 228 Å². The number of hydrogen-bond acceptors (Lipinski definition) is 4. The first-order chi connectivity index (χ1) is 28.7. The van der Waals surface area contributed by atoms with Crippen LogP contribution in [0.2, 0.25) is 0 Å². The molecule has 0 saturated heterocycles. The zero-order valence-electron chi connectivity index (χ0n) is 31.3. The van der Waals surface area contributed by atoms with Gasteiger partial charge < -0.3 is 4.74 Å². The van der Waals surface area contributed by atoms with Crippen molar-refractivity contribution >= 4 is 0 Å². The monoisotopic (exact) mass is 739 g/mol. The van der Waals surface area contributed by atoms with Gasteiger partial charge in [-0.1, -0.05) is 176 Å². The molecule has 8 aromatic carbocycles. The van der Waals surface area contributed by atoms with E-state index in [2.05, 4.69) is 158 Å². The third-order valence-electron chi connectivity index (χ3n) is 11.6. The van der Waals surface area contributed by atoms with Gasteiger partial charge in [-0.05, 0) is 63.2 Å². The fraction of sp³-hybridized carbons (Fsp3) is 0.0185. The highest BCUT2D eigenvalue weighted by Gasteiger charge is 2.51. The molecule has 2 aliphatic rings. The molecule has 11 rings (SSSR count). The summed E-state index contributed by atoms with van der Waals surface area (Å²) in [4.78, 5) is 10.6. The molecule has 1 aromatic heterocycles. The highest BCUT2D eigenvalue weighted by Crippen LogP contribution is 2.63. The van der Waals surface area contributed by atoms with E-state index >= 15 is 0 Å². The molecule has 270 valence electrons. The number of ether oxygens (including phenoxy) is 1. The van der Waals surface area contributed by atoms with Gasteiger partial charge in [-0.25, -0.2) is 9.97 Å². The minimum atomic E-state index is -0.632. The van der Waals surface area contributed by atoms with Crippen molar-refractivity contribution in [2.24, 2.45) is 0 Å². The molecule has 1 spiro atoms. The molecule has 0 N–H and O–H groups in total. The van der Waals surface area contributed by atoms with Gasteiger partial charge in [0.1, 0.15) is 11.5 Å². The standard InChI is InChI=1S/C54H33N3O/c55-34-35-27-32-43-42(33-35)50-41(21-14-24-46(50)54(43)44-22-10-12-25-47(44)58-48-26-13-11-23-45(48)54)36-28-30-39(31-29-36)52-49(37-15-4-1-5-16-37)51(38-17-6-2-7-18-38)56-53(57-52)40-19-8-3-9-20-40/h1-33H. The first kappa shape index (κ1) is 33.5. The molecule has 0 saturated carbocycles. The van der Waals surface area contributed by atoms with Crippen molar-refractivity contribution in [2.45, 2.75) is 5.41 Å². The maximum absolute atomic E-state index is 10.2. The predicted octanol–water partition coefficient (Wildman–Crippen LogP) is 13.2. The van der Waals surface area contributed by atoms with Gasteiger partial charge in [0.25, 0.3) is 0 Å². The third-order valence-corrected chi connectivity index (χ3v) is 11.6. The first-order valence-corrected chi connectivity index (χ1v) is 19.5. The summed E-state index contributed by atoms with van der Waals surface area (Å²) in [6, 6.07) is 71.7. The molecule has 58 heavy (non-hydrogen) atoms. The lowest BCUT2D eigenvalue weighted by Crippen LogP contribution is -2.32. The van der Waals surface area contributed by atoms with Crippen LogP contribution in [0.5, 0.6) is 11.5 Å². The number of fused-ring (bicyclic) bond motifs is 9. The third kappa shape index (κ3) is 5.08. The molecular formula is C54H33N3O. The minimum absolute atomic E-state index is 0.626. The van der Waals surface area contributed by atoms with Gasteiger partial charge in [-0.3, -0.25) is 0 Å². The van der Waals surface area contributed by atoms with Crippen molar-refractivity contribution < 1.29 is 4.74 Å². The molecule has 4 nitrogen and oxygen atoms in total. The van der Waals surface area contributed by atoms with Crippen LogP contribution in [-0.4, -0.2) is 9.97 Å². The average Bonchev–Trinajstić information content (AvgIpc) is 3.59. The van der Waals surface area contributed by atoms with Crippen molar-refractivity contribution in [1.29, 1.82) is 5.26 Å². The maximum atomic E-state index is 10.2. The molecule has 0 fully saturated rings. The van der Waals surface area contributed by atoms with E-state index in [1.165, 1.54) is 5.56 Å². The summed E-state index contributed by atoms with van der Waals surface area (Å²) >= 11 is 0. The zero-order chi connectivity index (χ0) is 38.6. The van der Waals surface area contributed by atoms with Crippen LogP contribution in [0, 0.1) is 11.3 Å². The van der Waals surface area contributed by atoms with E-state index in [0.717, 1.165) is 89.6 Å². The van der Waals surface area contributed by atoms with Crippen molar-refractivity contribution in [1.82, 2.24) is 9.97 Å². The second kappa shape index (κ2) is 13.4. The van der Waals surface area contributed by atoms with Gasteiger partial charge in [0.15, 0.2) is 5.82 Å². The Balaban J connectivity index is 1.13. The van der Waals surface area contributed by atoms with Crippen LogP contribution in [0.15, 0.2) is 200 Å². The summed E-state index contributed by atoms with van der Waals surface area (Å²) in [6.45, 7) is 0. The van der Waals surface area contributed by atoms with Crippen molar-refractivity contribution in [2.75, 3.05) is 0 Å². The summed E-state index contributed by atoms with van der Waals surface area (Å²) < 4.78 is 6.56. The summed E-state index contributed by atoms with van der Waals surface area (Å²) in [7, 11) is 0. The molecular weight excluding hydrogens is 707 g/mol. The molecule has 9 aromatic rings. The zero-order valence-corrected chi connectivity index (χ0v) is 31.3. The highest BCUT2D eigenvalue weighted by atomic mass is 16.5. The normalized spacial score (nSPS) is 12.7. The second-order valence-electron chi connectivity index (χ2n) is 14.7. The maximum Gasteiger partial charge on any atom is 0.160 e. The quantitative estimate of drug-likeness (QED) is 0.176. The summed E-state index contributed by atoms with van der Waals surface area (Å²) in [5.41, 5.74) is 15.6. The van der Waals surface area contributed by atoms with Gasteiger partial charge in [0.05, 0.1) is 28.4 Å². The van der Waals surface area contributed by atoms with E-state index in [1.54, 1.807) is 0 Å². The summed E-state index contributed by atoms with van der Waals surface area (Å²) in [6.07, 6.45) is 0. The van der Waals surface area contributed by atoms with E-state index in [-0.39, 0.29) is 0 Å². The smallest absolute Gasteiger partial charge is 0.160 e. The Labute approximate surface area is 337 Å². The Morgan fingerprint density at radius 3 is 1.53 bits per heavy atom. The number of para-hydroxylation sites is 2. The lowest BCUT2D eigenvalue weighted by atomic mass is 9.66. The fourth-order valence-corrected chi connectivity index (χ4v) is 9.14. The van der Waals surface area contributed by atoms with E-state index in [1.807, 2.05) is 48.5 Å². The molecule has 0 radical (unpaired) electrons. The predicted molar refractivity (Wildman–Crippen MR) is 231 cm³/mol. The molecule has 0 unspecified atom stereocenters. The number of nitriles is 1. The molecule has 1 aliphatic heterocycles. The number of hydrogen-bond donors (Lipinski definition) is 0. The fourth-order valence-electron chi connectivity index (χ4n) is 9.14. The molecule has 2 heterocycles. The van der Waals surface area contributed by atoms with Gasteiger partial charge >= 0.3 is 0 Å². The number of rotatable bonds is 5. The number of benzene rings is 8. The number of aromatic nitrogens is 2. The lowest BCUT2D eigenvalue weighted by Gasteiger charge is -2.39. The van der Waals surface area contributed by atoms with Gasteiger partial charge in [0, 0.05) is 33.4 Å². The molecule has 0 atom stereocenters. The average molecular weight is 740 g/mol. The van der Waals surface area contributed by atoms with Crippen LogP contribution in [0.25, 0.3) is 67.3 Å². The summed E-state index contributed by atoms with van der Waals surface area (Å²) in [5, 5.41) is 10.2. The van der Waals surface area contributed by atoms with E-state index in [4.69, 9.17) is 14.7 Å². The van der Waals surface area contributed by atoms with E-state index in [9.17, 15) is 5.26 Å². The molecule has 4 heteroatoms. The topological polar surface area (TPSA) is 58.8 Å². The van der Waals surface area contributed by atoms with Crippen LogP contribution in [0.3, 0.4) is 0 Å². The Bertz CT molecular complexity index is 3030. The van der Waals surface area contributed by atoms with Crippen molar-refractivity contribution in [3.8, 4) is 84.9 Å². The van der Waals surface area contributed by atoms with E-state index in [0.29, 0.717) is 11.4 Å². The van der Waals surface area contributed by atoms with Crippen LogP contribution < -0.4 is 4.74 Å². The summed E-state index contributed by atoms with van der Waals surface area (Å²) in [5.74, 6) is 2.34. The second-order valence-corrected chi connectivity index (χ2v) is 14.7. The van der Waals surface area contributed by atoms with Crippen LogP contribution in [-0.2, 0) is 5.41 Å².